The summed E-state index contributed by atoms with van der Waals surface area (Å²) in [6.45, 7) is 2.23. The van der Waals surface area contributed by atoms with Gasteiger partial charge < -0.3 is 9.47 Å². The minimum Gasteiger partial charge on any atom is -0.462 e. The van der Waals surface area contributed by atoms with Crippen molar-refractivity contribution in [3.8, 4) is 6.07 Å². The van der Waals surface area contributed by atoms with Crippen molar-refractivity contribution in [1.82, 2.24) is 0 Å². The average Bonchev–Trinajstić information content (AvgIpc) is 2.79. The topological polar surface area (TPSA) is 76.4 Å². The molecule has 0 saturated heterocycles. The smallest absolute Gasteiger partial charge is 0.309 e. The van der Waals surface area contributed by atoms with Crippen LogP contribution < -0.4 is 0 Å². The van der Waals surface area contributed by atoms with Gasteiger partial charge in [0.25, 0.3) is 0 Å². The monoisotopic (exact) mass is 417 g/mol. The van der Waals surface area contributed by atoms with Crippen molar-refractivity contribution in [2.45, 2.75) is 115 Å². The molecule has 0 aromatic carbocycles. The summed E-state index contributed by atoms with van der Waals surface area (Å²) < 4.78 is 11.5. The van der Waals surface area contributed by atoms with Crippen LogP contribution in [-0.4, -0.2) is 24.1 Å². The van der Waals surface area contributed by atoms with E-state index in [1.54, 1.807) is 0 Å². The summed E-state index contributed by atoms with van der Waals surface area (Å²) in [5.41, 5.74) is 0. The molecule has 0 amide bonds. The molecule has 0 heterocycles. The number of unbranched alkanes of at least 4 members (excludes halogenated alkanes) is 1. The van der Waals surface area contributed by atoms with Crippen LogP contribution >= 0.6 is 0 Å². The Morgan fingerprint density at radius 2 is 1.23 bits per heavy atom. The van der Waals surface area contributed by atoms with E-state index in [-0.39, 0.29) is 41.9 Å². The number of nitrogens with zero attached hydrogens (tertiary/aromatic N) is 1. The van der Waals surface area contributed by atoms with E-state index in [4.69, 9.17) is 14.7 Å². The summed E-state index contributed by atoms with van der Waals surface area (Å²) in [7, 11) is 0. The lowest BCUT2D eigenvalue weighted by Gasteiger charge is -2.32. The first-order valence-corrected chi connectivity index (χ1v) is 12.4. The molecule has 5 heteroatoms. The molecule has 0 aromatic rings. The van der Waals surface area contributed by atoms with E-state index >= 15 is 0 Å². The van der Waals surface area contributed by atoms with Gasteiger partial charge >= 0.3 is 11.9 Å². The number of esters is 2. The Bertz CT molecular complexity index is 589. The highest BCUT2D eigenvalue weighted by molar-refractivity contribution is 5.73. The molecule has 30 heavy (non-hydrogen) atoms. The summed E-state index contributed by atoms with van der Waals surface area (Å²) in [5.74, 6) is 0.827. The largest absolute Gasteiger partial charge is 0.462 e. The van der Waals surface area contributed by atoms with Crippen molar-refractivity contribution in [3.05, 3.63) is 0 Å². The predicted octanol–water partition coefficient (Wildman–Crippen LogP) is 5.71. The van der Waals surface area contributed by atoms with Crippen LogP contribution in [0.25, 0.3) is 0 Å². The van der Waals surface area contributed by atoms with E-state index < -0.39 is 0 Å². The Hall–Kier alpha value is -1.57. The van der Waals surface area contributed by atoms with E-state index in [0.717, 1.165) is 83.0 Å². The molecule has 3 rings (SSSR count). The SMILES string of the molecule is CCCCC1CCC(C(=O)OC2CCC(C(=O)OC3CCC(C#N)CC3)CC2)CC1. The van der Waals surface area contributed by atoms with Crippen molar-refractivity contribution < 1.29 is 19.1 Å². The summed E-state index contributed by atoms with van der Waals surface area (Å²) in [6.07, 6.45) is 14.3. The third-order valence-corrected chi connectivity index (χ3v) is 7.58. The second-order valence-corrected chi connectivity index (χ2v) is 9.81. The lowest BCUT2D eigenvalue weighted by molar-refractivity contribution is -0.161. The molecule has 0 aromatic heterocycles. The molecule has 0 aliphatic heterocycles. The highest BCUT2D eigenvalue weighted by Crippen LogP contribution is 2.34. The third kappa shape index (κ3) is 6.72. The minimum absolute atomic E-state index is 0.00998. The molecule has 0 bridgehead atoms. The van der Waals surface area contributed by atoms with E-state index in [0.29, 0.717) is 0 Å². The average molecular weight is 418 g/mol. The van der Waals surface area contributed by atoms with Crippen molar-refractivity contribution in [2.75, 3.05) is 0 Å². The van der Waals surface area contributed by atoms with Crippen molar-refractivity contribution in [1.29, 1.82) is 5.26 Å². The van der Waals surface area contributed by atoms with E-state index in [1.165, 1.54) is 19.3 Å². The predicted molar refractivity (Wildman–Crippen MR) is 114 cm³/mol. The van der Waals surface area contributed by atoms with E-state index in [1.807, 2.05) is 0 Å². The molecule has 0 N–H and O–H groups in total. The highest BCUT2D eigenvalue weighted by atomic mass is 16.5. The zero-order chi connectivity index (χ0) is 21.3. The second-order valence-electron chi connectivity index (χ2n) is 9.81. The Morgan fingerprint density at radius 1 is 0.767 bits per heavy atom. The van der Waals surface area contributed by atoms with Gasteiger partial charge in [-0.05, 0) is 83.0 Å². The Labute approximate surface area is 181 Å². The molecule has 3 aliphatic rings. The van der Waals surface area contributed by atoms with Crippen LogP contribution in [0.1, 0.15) is 103 Å². The maximum Gasteiger partial charge on any atom is 0.309 e. The zero-order valence-electron chi connectivity index (χ0n) is 18.7. The fraction of sp³-hybridized carbons (Fsp3) is 0.880. The molecule has 168 valence electrons. The Morgan fingerprint density at radius 3 is 1.70 bits per heavy atom. The van der Waals surface area contributed by atoms with Crippen LogP contribution in [0.2, 0.25) is 0 Å². The zero-order valence-corrected chi connectivity index (χ0v) is 18.7. The van der Waals surface area contributed by atoms with Crippen LogP contribution in [0.15, 0.2) is 0 Å². The van der Waals surface area contributed by atoms with Crippen LogP contribution in [-0.2, 0) is 19.1 Å². The van der Waals surface area contributed by atoms with Gasteiger partial charge in [-0.1, -0.05) is 26.2 Å². The van der Waals surface area contributed by atoms with Gasteiger partial charge in [0, 0.05) is 5.92 Å². The maximum atomic E-state index is 12.6. The number of nitriles is 1. The van der Waals surface area contributed by atoms with Gasteiger partial charge in [-0.3, -0.25) is 9.59 Å². The van der Waals surface area contributed by atoms with E-state index in [2.05, 4.69) is 13.0 Å². The number of hydrogen-bond donors (Lipinski definition) is 0. The second kappa shape index (κ2) is 11.7. The van der Waals surface area contributed by atoms with Gasteiger partial charge in [-0.25, -0.2) is 0 Å². The molecule has 0 spiro atoms. The normalized spacial score (nSPS) is 34.5. The van der Waals surface area contributed by atoms with Gasteiger partial charge in [0.2, 0.25) is 0 Å². The molecule has 0 radical (unpaired) electrons. The van der Waals surface area contributed by atoms with Crippen LogP contribution in [0.3, 0.4) is 0 Å². The molecule has 3 saturated carbocycles. The first-order valence-electron chi connectivity index (χ1n) is 12.4. The first-order chi connectivity index (χ1) is 14.6. The van der Waals surface area contributed by atoms with Gasteiger partial charge in [0.1, 0.15) is 12.2 Å². The highest BCUT2D eigenvalue weighted by Gasteiger charge is 2.34. The van der Waals surface area contributed by atoms with Crippen molar-refractivity contribution in [2.24, 2.45) is 23.7 Å². The molecular formula is C25H39NO4. The van der Waals surface area contributed by atoms with Crippen molar-refractivity contribution in [3.63, 3.8) is 0 Å². The standard InChI is InChI=1S/C25H39NO4/c1-2-3-4-18-5-9-20(10-6-18)24(27)30-23-15-11-21(12-16-23)25(28)29-22-13-7-19(17-26)8-14-22/h18-23H,2-16H2,1H3. The summed E-state index contributed by atoms with van der Waals surface area (Å²) >= 11 is 0. The Balaban J connectivity index is 1.32. The molecule has 3 fully saturated rings. The number of hydrogen-bond acceptors (Lipinski definition) is 5. The molecule has 3 aliphatic carbocycles. The van der Waals surface area contributed by atoms with Crippen LogP contribution in [0.5, 0.6) is 0 Å². The number of ether oxygens (including phenoxy) is 2. The summed E-state index contributed by atoms with van der Waals surface area (Å²) in [6, 6.07) is 2.31. The van der Waals surface area contributed by atoms with Crippen LogP contribution in [0, 0.1) is 35.0 Å². The quantitative estimate of drug-likeness (QED) is 0.496. The first kappa shape index (κ1) is 23.1. The van der Waals surface area contributed by atoms with Gasteiger partial charge in [0.15, 0.2) is 0 Å². The summed E-state index contributed by atoms with van der Waals surface area (Å²) in [4.78, 5) is 25.1. The van der Waals surface area contributed by atoms with Gasteiger partial charge in [-0.2, -0.15) is 5.26 Å². The summed E-state index contributed by atoms with van der Waals surface area (Å²) in [5, 5.41) is 8.98. The maximum absolute atomic E-state index is 12.6. The molecule has 5 nitrogen and oxygen atoms in total. The lowest BCUT2D eigenvalue weighted by Crippen LogP contribution is -2.33. The number of carbonyl (C=O) groups is 2. The van der Waals surface area contributed by atoms with Gasteiger partial charge in [0.05, 0.1) is 17.9 Å². The number of rotatable bonds is 7. The fourth-order valence-electron chi connectivity index (χ4n) is 5.43. The third-order valence-electron chi connectivity index (χ3n) is 7.58. The fourth-order valence-corrected chi connectivity index (χ4v) is 5.43. The van der Waals surface area contributed by atoms with Crippen LogP contribution in [0.4, 0.5) is 0 Å². The van der Waals surface area contributed by atoms with Crippen molar-refractivity contribution >= 4 is 11.9 Å². The minimum atomic E-state index is -0.0921. The molecule has 0 atom stereocenters. The Kier molecular flexibility index (Phi) is 9.03. The van der Waals surface area contributed by atoms with E-state index in [9.17, 15) is 9.59 Å². The van der Waals surface area contributed by atoms with Gasteiger partial charge in [-0.15, -0.1) is 0 Å². The molecular weight excluding hydrogens is 378 g/mol. The lowest BCUT2D eigenvalue weighted by atomic mass is 9.80. The number of carbonyl (C=O) groups excluding carboxylic acids is 2. The molecule has 0 unspecified atom stereocenters.